The summed E-state index contributed by atoms with van der Waals surface area (Å²) in [6.45, 7) is 1.43. The Kier molecular flexibility index (Phi) is 3.88. The van der Waals surface area contributed by atoms with E-state index in [0.717, 1.165) is 5.56 Å². The fraction of sp³-hybridized carbons (Fsp3) is 0.333. The van der Waals surface area contributed by atoms with Gasteiger partial charge in [0.15, 0.2) is 10.7 Å². The van der Waals surface area contributed by atoms with Gasteiger partial charge in [0.2, 0.25) is 0 Å². The van der Waals surface area contributed by atoms with Crippen LogP contribution in [0.4, 0.5) is 0 Å². The van der Waals surface area contributed by atoms with Crippen LogP contribution in [-0.2, 0) is 11.2 Å². The van der Waals surface area contributed by atoms with Crippen LogP contribution in [0.25, 0.3) is 0 Å². The average molecular weight is 222 g/mol. The van der Waals surface area contributed by atoms with Crippen molar-refractivity contribution in [1.29, 1.82) is 5.26 Å². The summed E-state index contributed by atoms with van der Waals surface area (Å²) in [5.41, 5.74) is 1.08. The van der Waals surface area contributed by atoms with E-state index in [1.165, 1.54) is 6.92 Å². The van der Waals surface area contributed by atoms with E-state index in [-0.39, 0.29) is 5.78 Å². The Bertz CT molecular complexity index is 378. The molecule has 2 nitrogen and oxygen atoms in total. The van der Waals surface area contributed by atoms with Gasteiger partial charge in [-0.1, -0.05) is 41.9 Å². The first-order valence-corrected chi connectivity index (χ1v) is 5.11. The first-order valence-electron chi connectivity index (χ1n) is 4.73. The van der Waals surface area contributed by atoms with Gasteiger partial charge >= 0.3 is 0 Å². The fourth-order valence-corrected chi connectivity index (χ4v) is 1.29. The predicted molar refractivity (Wildman–Crippen MR) is 59.6 cm³/mol. The van der Waals surface area contributed by atoms with Crippen LogP contribution in [0.15, 0.2) is 30.3 Å². The highest BCUT2D eigenvalue weighted by Crippen LogP contribution is 2.17. The van der Waals surface area contributed by atoms with Gasteiger partial charge in [-0.15, -0.1) is 0 Å². The van der Waals surface area contributed by atoms with Gasteiger partial charge in [-0.2, -0.15) is 5.26 Å². The van der Waals surface area contributed by atoms with Crippen LogP contribution in [0.1, 0.15) is 18.9 Å². The van der Waals surface area contributed by atoms with Gasteiger partial charge in [0.25, 0.3) is 0 Å². The Morgan fingerprint density at radius 3 is 2.60 bits per heavy atom. The minimum atomic E-state index is -1.38. The lowest BCUT2D eigenvalue weighted by atomic mass is 10.00. The first kappa shape index (κ1) is 11.7. The summed E-state index contributed by atoms with van der Waals surface area (Å²) < 4.78 is 0. The predicted octanol–water partition coefficient (Wildman–Crippen LogP) is 2.71. The second-order valence-corrected chi connectivity index (χ2v) is 4.28. The molecule has 0 radical (unpaired) electrons. The molecular formula is C12H12ClNO. The zero-order chi connectivity index (χ0) is 11.3. The molecule has 1 unspecified atom stereocenters. The molecule has 0 N–H and O–H groups in total. The summed E-state index contributed by atoms with van der Waals surface area (Å²) in [5, 5.41) is 8.66. The number of hydrogen-bond donors (Lipinski definition) is 0. The molecule has 0 aliphatic carbocycles. The summed E-state index contributed by atoms with van der Waals surface area (Å²) >= 11 is 5.73. The Morgan fingerprint density at radius 2 is 2.07 bits per heavy atom. The van der Waals surface area contributed by atoms with Gasteiger partial charge in [-0.3, -0.25) is 4.79 Å². The SMILES string of the molecule is CC(Cl)(C#N)C(=O)CCc1ccccc1. The zero-order valence-electron chi connectivity index (χ0n) is 8.53. The van der Waals surface area contributed by atoms with Gasteiger partial charge in [0.05, 0.1) is 6.07 Å². The molecule has 0 aromatic heterocycles. The lowest BCUT2D eigenvalue weighted by molar-refractivity contribution is -0.119. The largest absolute Gasteiger partial charge is 0.297 e. The van der Waals surface area contributed by atoms with Crippen molar-refractivity contribution < 1.29 is 4.79 Å². The molecule has 0 amide bonds. The smallest absolute Gasteiger partial charge is 0.185 e. The number of benzene rings is 1. The van der Waals surface area contributed by atoms with Crippen LogP contribution in [0, 0.1) is 11.3 Å². The first-order chi connectivity index (χ1) is 7.06. The van der Waals surface area contributed by atoms with E-state index in [4.69, 9.17) is 16.9 Å². The standard InChI is InChI=1S/C12H12ClNO/c1-12(13,9-14)11(15)8-7-10-5-3-2-4-6-10/h2-6H,7-8H2,1H3. The molecular weight excluding hydrogens is 210 g/mol. The van der Waals surface area contributed by atoms with Crippen molar-refractivity contribution in [2.45, 2.75) is 24.6 Å². The lowest BCUT2D eigenvalue weighted by Crippen LogP contribution is -2.26. The molecule has 0 saturated heterocycles. The summed E-state index contributed by atoms with van der Waals surface area (Å²) in [6, 6.07) is 11.5. The quantitative estimate of drug-likeness (QED) is 0.734. The molecule has 0 heterocycles. The zero-order valence-corrected chi connectivity index (χ0v) is 9.29. The maximum absolute atomic E-state index is 11.5. The fourth-order valence-electron chi connectivity index (χ4n) is 1.20. The van der Waals surface area contributed by atoms with Gasteiger partial charge < -0.3 is 0 Å². The number of ketones is 1. The minimum absolute atomic E-state index is 0.226. The second kappa shape index (κ2) is 4.95. The Morgan fingerprint density at radius 1 is 1.47 bits per heavy atom. The van der Waals surface area contributed by atoms with Crippen molar-refractivity contribution in [3.63, 3.8) is 0 Å². The number of alkyl halides is 1. The highest BCUT2D eigenvalue weighted by molar-refractivity contribution is 6.37. The summed E-state index contributed by atoms with van der Waals surface area (Å²) in [4.78, 5) is 10.1. The molecule has 0 saturated carbocycles. The van der Waals surface area contributed by atoms with Gasteiger partial charge in [0, 0.05) is 6.42 Å². The van der Waals surface area contributed by atoms with E-state index in [0.29, 0.717) is 12.8 Å². The van der Waals surface area contributed by atoms with Crippen molar-refractivity contribution in [2.75, 3.05) is 0 Å². The monoisotopic (exact) mass is 221 g/mol. The van der Waals surface area contributed by atoms with E-state index in [2.05, 4.69) is 0 Å². The molecule has 0 fully saturated rings. The molecule has 1 aromatic rings. The van der Waals surface area contributed by atoms with Crippen molar-refractivity contribution in [3.8, 4) is 6.07 Å². The van der Waals surface area contributed by atoms with Crippen LogP contribution in [-0.4, -0.2) is 10.7 Å². The number of nitrogens with zero attached hydrogens (tertiary/aromatic N) is 1. The van der Waals surface area contributed by atoms with Gasteiger partial charge in [-0.05, 0) is 18.9 Å². The Balaban J connectivity index is 2.53. The number of Topliss-reactive ketones (excluding diaryl/α,β-unsaturated/α-hetero) is 1. The highest BCUT2D eigenvalue weighted by atomic mass is 35.5. The summed E-state index contributed by atoms with van der Waals surface area (Å²) in [6.07, 6.45) is 0.932. The topological polar surface area (TPSA) is 40.9 Å². The molecule has 0 aliphatic heterocycles. The third-order valence-electron chi connectivity index (χ3n) is 2.22. The third kappa shape index (κ3) is 3.38. The summed E-state index contributed by atoms with van der Waals surface area (Å²) in [7, 11) is 0. The van der Waals surface area contributed by atoms with Crippen molar-refractivity contribution >= 4 is 17.4 Å². The number of aryl methyl sites for hydroxylation is 1. The Labute approximate surface area is 94.5 Å². The summed E-state index contributed by atoms with van der Waals surface area (Å²) in [5.74, 6) is -0.226. The van der Waals surface area contributed by atoms with Crippen molar-refractivity contribution in [3.05, 3.63) is 35.9 Å². The number of nitriles is 1. The van der Waals surface area contributed by atoms with Crippen LogP contribution >= 0.6 is 11.6 Å². The minimum Gasteiger partial charge on any atom is -0.297 e. The maximum atomic E-state index is 11.5. The number of carbonyl (C=O) groups is 1. The number of carbonyl (C=O) groups excluding carboxylic acids is 1. The maximum Gasteiger partial charge on any atom is 0.185 e. The van der Waals surface area contributed by atoms with Crippen LogP contribution < -0.4 is 0 Å². The number of hydrogen-bond acceptors (Lipinski definition) is 2. The molecule has 0 bridgehead atoms. The second-order valence-electron chi connectivity index (χ2n) is 3.52. The van der Waals surface area contributed by atoms with E-state index >= 15 is 0 Å². The molecule has 1 aromatic carbocycles. The van der Waals surface area contributed by atoms with Gasteiger partial charge in [-0.25, -0.2) is 0 Å². The van der Waals surface area contributed by atoms with Crippen molar-refractivity contribution in [2.24, 2.45) is 0 Å². The molecule has 3 heteroatoms. The average Bonchev–Trinajstić information content (AvgIpc) is 2.27. The number of halogens is 1. The van der Waals surface area contributed by atoms with Gasteiger partial charge in [0.1, 0.15) is 0 Å². The molecule has 78 valence electrons. The van der Waals surface area contributed by atoms with E-state index in [9.17, 15) is 4.79 Å². The normalized spacial score (nSPS) is 13.9. The van der Waals surface area contributed by atoms with Crippen LogP contribution in [0.5, 0.6) is 0 Å². The molecule has 15 heavy (non-hydrogen) atoms. The van der Waals surface area contributed by atoms with Crippen molar-refractivity contribution in [1.82, 2.24) is 0 Å². The highest BCUT2D eigenvalue weighted by Gasteiger charge is 2.29. The molecule has 1 rings (SSSR count). The molecule has 0 aliphatic rings. The van der Waals surface area contributed by atoms with E-state index in [1.807, 2.05) is 30.3 Å². The third-order valence-corrected chi connectivity index (χ3v) is 2.51. The Hall–Kier alpha value is -1.33. The van der Waals surface area contributed by atoms with E-state index in [1.54, 1.807) is 6.07 Å². The molecule has 0 spiro atoms. The number of rotatable bonds is 4. The van der Waals surface area contributed by atoms with Crippen LogP contribution in [0.3, 0.4) is 0 Å². The van der Waals surface area contributed by atoms with Crippen LogP contribution in [0.2, 0.25) is 0 Å². The lowest BCUT2D eigenvalue weighted by Gasteiger charge is -2.10. The molecule has 1 atom stereocenters. The van der Waals surface area contributed by atoms with E-state index < -0.39 is 4.87 Å².